The van der Waals surface area contributed by atoms with Crippen LogP contribution in [0.2, 0.25) is 5.02 Å². The van der Waals surface area contributed by atoms with Gasteiger partial charge in [0.15, 0.2) is 0 Å². The molecule has 0 bridgehead atoms. The quantitative estimate of drug-likeness (QED) is 0.821. The number of halogens is 1. The number of anilines is 3. The zero-order valence-corrected chi connectivity index (χ0v) is 13.5. The lowest BCUT2D eigenvalue weighted by Gasteiger charge is -2.15. The second kappa shape index (κ2) is 7.27. The summed E-state index contributed by atoms with van der Waals surface area (Å²) in [6, 6.07) is 5.93. The standard InChI is InChI=1S/C16H21ClN4/c1-4-8-18-15-12(5-2)16(20-10-19-15)21-14-7-6-11(3)9-13(14)17/h6-7,9-10H,4-5,8H2,1-3H3,(H2,18,19,20,21). The molecule has 0 radical (unpaired) electrons. The van der Waals surface area contributed by atoms with Gasteiger partial charge < -0.3 is 10.6 Å². The van der Waals surface area contributed by atoms with Gasteiger partial charge in [-0.05, 0) is 37.5 Å². The molecule has 0 spiro atoms. The minimum absolute atomic E-state index is 0.693. The van der Waals surface area contributed by atoms with Crippen molar-refractivity contribution in [1.82, 2.24) is 9.97 Å². The third-order valence-electron chi connectivity index (χ3n) is 3.22. The van der Waals surface area contributed by atoms with Crippen LogP contribution in [-0.2, 0) is 6.42 Å². The van der Waals surface area contributed by atoms with Crippen molar-refractivity contribution in [3.05, 3.63) is 40.7 Å². The number of nitrogens with zero attached hydrogens (tertiary/aromatic N) is 2. The number of hydrogen-bond donors (Lipinski definition) is 2. The summed E-state index contributed by atoms with van der Waals surface area (Å²) in [5.41, 5.74) is 3.06. The third-order valence-corrected chi connectivity index (χ3v) is 3.53. The van der Waals surface area contributed by atoms with E-state index < -0.39 is 0 Å². The molecule has 0 fully saturated rings. The van der Waals surface area contributed by atoms with E-state index in [4.69, 9.17) is 11.6 Å². The normalized spacial score (nSPS) is 10.5. The van der Waals surface area contributed by atoms with Crippen molar-refractivity contribution in [3.63, 3.8) is 0 Å². The number of rotatable bonds is 6. The molecule has 0 saturated heterocycles. The maximum Gasteiger partial charge on any atom is 0.139 e. The molecule has 0 amide bonds. The molecule has 112 valence electrons. The van der Waals surface area contributed by atoms with Crippen LogP contribution in [0.5, 0.6) is 0 Å². The molecule has 0 aliphatic heterocycles. The molecule has 4 nitrogen and oxygen atoms in total. The van der Waals surface area contributed by atoms with Crippen LogP contribution >= 0.6 is 11.6 Å². The monoisotopic (exact) mass is 304 g/mol. The minimum Gasteiger partial charge on any atom is -0.370 e. The second-order valence-electron chi connectivity index (χ2n) is 4.94. The summed E-state index contributed by atoms with van der Waals surface area (Å²) in [4.78, 5) is 8.69. The molecule has 2 aromatic rings. The Bertz CT molecular complexity index is 613. The van der Waals surface area contributed by atoms with E-state index in [2.05, 4.69) is 34.4 Å². The number of hydrogen-bond acceptors (Lipinski definition) is 4. The van der Waals surface area contributed by atoms with E-state index in [0.717, 1.165) is 47.8 Å². The molecule has 2 N–H and O–H groups in total. The van der Waals surface area contributed by atoms with Gasteiger partial charge in [0.1, 0.15) is 18.0 Å². The molecule has 0 aliphatic rings. The molecule has 0 aliphatic carbocycles. The summed E-state index contributed by atoms with van der Waals surface area (Å²) in [6.45, 7) is 7.14. The zero-order valence-electron chi connectivity index (χ0n) is 12.7. The van der Waals surface area contributed by atoms with Gasteiger partial charge >= 0.3 is 0 Å². The summed E-state index contributed by atoms with van der Waals surface area (Å²) in [7, 11) is 0. The molecular formula is C16H21ClN4. The molecule has 0 saturated carbocycles. The smallest absolute Gasteiger partial charge is 0.139 e. The lowest BCUT2D eigenvalue weighted by atomic mass is 10.2. The largest absolute Gasteiger partial charge is 0.370 e. The van der Waals surface area contributed by atoms with Crippen LogP contribution in [0.15, 0.2) is 24.5 Å². The van der Waals surface area contributed by atoms with Gasteiger partial charge in [-0.1, -0.05) is 31.5 Å². The number of nitrogens with one attached hydrogen (secondary N) is 2. The van der Waals surface area contributed by atoms with Gasteiger partial charge in [-0.2, -0.15) is 0 Å². The van der Waals surface area contributed by atoms with Crippen molar-refractivity contribution in [2.75, 3.05) is 17.2 Å². The fourth-order valence-corrected chi connectivity index (χ4v) is 2.38. The fraction of sp³-hybridized carbons (Fsp3) is 0.375. The second-order valence-corrected chi connectivity index (χ2v) is 5.35. The third kappa shape index (κ3) is 3.85. The van der Waals surface area contributed by atoms with Crippen LogP contribution in [-0.4, -0.2) is 16.5 Å². The average Bonchev–Trinajstić information content (AvgIpc) is 2.48. The van der Waals surface area contributed by atoms with Crippen LogP contribution in [0.1, 0.15) is 31.4 Å². The van der Waals surface area contributed by atoms with Crippen molar-refractivity contribution >= 4 is 28.9 Å². The SMILES string of the molecule is CCCNc1ncnc(Nc2ccc(C)cc2Cl)c1CC. The molecule has 5 heteroatoms. The van der Waals surface area contributed by atoms with Crippen LogP contribution in [0.25, 0.3) is 0 Å². The van der Waals surface area contributed by atoms with Gasteiger partial charge in [-0.25, -0.2) is 9.97 Å². The lowest BCUT2D eigenvalue weighted by molar-refractivity contribution is 0.949. The van der Waals surface area contributed by atoms with Crippen molar-refractivity contribution in [3.8, 4) is 0 Å². The van der Waals surface area contributed by atoms with Crippen LogP contribution in [0.3, 0.4) is 0 Å². The van der Waals surface area contributed by atoms with Crippen molar-refractivity contribution in [2.45, 2.75) is 33.6 Å². The molecule has 2 rings (SSSR count). The maximum absolute atomic E-state index is 6.28. The molecular weight excluding hydrogens is 284 g/mol. The van der Waals surface area contributed by atoms with Crippen LogP contribution < -0.4 is 10.6 Å². The molecule has 21 heavy (non-hydrogen) atoms. The van der Waals surface area contributed by atoms with Crippen LogP contribution in [0.4, 0.5) is 17.3 Å². The first-order valence-corrected chi connectivity index (χ1v) is 7.64. The first-order chi connectivity index (χ1) is 10.2. The van der Waals surface area contributed by atoms with Crippen molar-refractivity contribution in [2.24, 2.45) is 0 Å². The van der Waals surface area contributed by atoms with Gasteiger partial charge in [0.05, 0.1) is 10.7 Å². The molecule has 0 unspecified atom stereocenters. The summed E-state index contributed by atoms with van der Waals surface area (Å²) in [5, 5.41) is 7.35. The summed E-state index contributed by atoms with van der Waals surface area (Å²) < 4.78 is 0. The van der Waals surface area contributed by atoms with Gasteiger partial charge in [0.2, 0.25) is 0 Å². The number of aryl methyl sites for hydroxylation is 1. The Morgan fingerprint density at radius 3 is 2.57 bits per heavy atom. The van der Waals surface area contributed by atoms with E-state index >= 15 is 0 Å². The Labute approximate surface area is 131 Å². The van der Waals surface area contributed by atoms with E-state index in [1.54, 1.807) is 6.33 Å². The predicted molar refractivity (Wildman–Crippen MR) is 89.7 cm³/mol. The van der Waals surface area contributed by atoms with E-state index in [-0.39, 0.29) is 0 Å². The Hall–Kier alpha value is -1.81. The van der Waals surface area contributed by atoms with Gasteiger partial charge in [-0.3, -0.25) is 0 Å². The molecule has 1 aromatic heterocycles. The highest BCUT2D eigenvalue weighted by molar-refractivity contribution is 6.33. The van der Waals surface area contributed by atoms with Crippen LogP contribution in [0, 0.1) is 6.92 Å². The molecule has 1 aromatic carbocycles. The number of aromatic nitrogens is 2. The molecule has 1 heterocycles. The Morgan fingerprint density at radius 2 is 1.90 bits per heavy atom. The predicted octanol–water partition coefficient (Wildman–Crippen LogP) is 4.57. The zero-order chi connectivity index (χ0) is 15.2. The van der Waals surface area contributed by atoms with Gasteiger partial charge in [0, 0.05) is 12.1 Å². The summed E-state index contributed by atoms with van der Waals surface area (Å²) in [6.07, 6.45) is 3.47. The maximum atomic E-state index is 6.28. The highest BCUT2D eigenvalue weighted by Gasteiger charge is 2.11. The molecule has 0 atom stereocenters. The first kappa shape index (κ1) is 15.6. The topological polar surface area (TPSA) is 49.8 Å². The first-order valence-electron chi connectivity index (χ1n) is 7.26. The Balaban J connectivity index is 2.30. The van der Waals surface area contributed by atoms with Crippen molar-refractivity contribution < 1.29 is 0 Å². The highest BCUT2D eigenvalue weighted by atomic mass is 35.5. The lowest BCUT2D eigenvalue weighted by Crippen LogP contribution is -2.08. The van der Waals surface area contributed by atoms with E-state index in [0.29, 0.717) is 5.02 Å². The van der Waals surface area contributed by atoms with Gasteiger partial charge in [-0.15, -0.1) is 0 Å². The summed E-state index contributed by atoms with van der Waals surface area (Å²) >= 11 is 6.28. The minimum atomic E-state index is 0.693. The van der Waals surface area contributed by atoms with E-state index in [1.807, 2.05) is 25.1 Å². The number of benzene rings is 1. The summed E-state index contributed by atoms with van der Waals surface area (Å²) in [5.74, 6) is 1.69. The highest BCUT2D eigenvalue weighted by Crippen LogP contribution is 2.29. The fourth-order valence-electron chi connectivity index (χ4n) is 2.10. The average molecular weight is 305 g/mol. The van der Waals surface area contributed by atoms with E-state index in [9.17, 15) is 0 Å². The Morgan fingerprint density at radius 1 is 1.14 bits per heavy atom. The van der Waals surface area contributed by atoms with E-state index in [1.165, 1.54) is 0 Å². The van der Waals surface area contributed by atoms with Gasteiger partial charge in [0.25, 0.3) is 0 Å². The van der Waals surface area contributed by atoms with Crippen molar-refractivity contribution in [1.29, 1.82) is 0 Å². The Kier molecular flexibility index (Phi) is 5.39.